The lowest BCUT2D eigenvalue weighted by atomic mass is 10.1. The Morgan fingerprint density at radius 1 is 1.26 bits per heavy atom. The van der Waals surface area contributed by atoms with Gasteiger partial charge in [0, 0.05) is 23.5 Å². The van der Waals surface area contributed by atoms with Crippen LogP contribution in [0.1, 0.15) is 31.2 Å². The van der Waals surface area contributed by atoms with Crippen LogP contribution in [0, 0.1) is 0 Å². The fraction of sp³-hybridized carbons (Fsp3) is 0.412. The lowest BCUT2D eigenvalue weighted by molar-refractivity contribution is -0.142. The maximum absolute atomic E-state index is 12.0. The summed E-state index contributed by atoms with van der Waals surface area (Å²) >= 11 is 0. The number of rotatable bonds is 9. The summed E-state index contributed by atoms with van der Waals surface area (Å²) < 4.78 is 0. The van der Waals surface area contributed by atoms with Crippen LogP contribution in [0.25, 0.3) is 10.9 Å². The van der Waals surface area contributed by atoms with E-state index < -0.39 is 12.0 Å². The van der Waals surface area contributed by atoms with E-state index in [1.165, 1.54) is 0 Å². The Kier molecular flexibility index (Phi) is 6.17. The SMILES string of the molecule is NCCCC[C@H](NC(=O)CCc1c[nH]c2ccccc12)C(=O)O. The number of amides is 1. The number of H-pyrrole nitrogens is 1. The lowest BCUT2D eigenvalue weighted by Gasteiger charge is -2.14. The number of hydrogen-bond acceptors (Lipinski definition) is 3. The molecule has 6 heteroatoms. The van der Waals surface area contributed by atoms with Crippen molar-refractivity contribution in [2.45, 2.75) is 38.1 Å². The third kappa shape index (κ3) is 4.82. The summed E-state index contributed by atoms with van der Waals surface area (Å²) in [5.74, 6) is -1.24. The number of para-hydroxylation sites is 1. The summed E-state index contributed by atoms with van der Waals surface area (Å²) in [7, 11) is 0. The normalized spacial score (nSPS) is 12.2. The van der Waals surface area contributed by atoms with Gasteiger partial charge in [-0.1, -0.05) is 18.2 Å². The summed E-state index contributed by atoms with van der Waals surface area (Å²) in [4.78, 5) is 26.4. The van der Waals surface area contributed by atoms with Crippen LogP contribution in [0.4, 0.5) is 0 Å². The van der Waals surface area contributed by atoms with Gasteiger partial charge in [-0.3, -0.25) is 4.79 Å². The molecule has 0 aliphatic rings. The van der Waals surface area contributed by atoms with Crippen LogP contribution in [-0.2, 0) is 16.0 Å². The molecule has 2 aromatic rings. The molecule has 0 radical (unpaired) electrons. The number of nitrogens with one attached hydrogen (secondary N) is 2. The molecular formula is C17H23N3O3. The average Bonchev–Trinajstić information content (AvgIpc) is 2.95. The number of carboxylic acids is 1. The van der Waals surface area contributed by atoms with E-state index in [0.717, 1.165) is 22.9 Å². The maximum atomic E-state index is 12.0. The van der Waals surface area contributed by atoms with Crippen molar-refractivity contribution in [2.24, 2.45) is 5.73 Å². The molecular weight excluding hydrogens is 294 g/mol. The molecule has 1 heterocycles. The molecule has 23 heavy (non-hydrogen) atoms. The third-order valence-electron chi connectivity index (χ3n) is 3.88. The molecule has 6 nitrogen and oxygen atoms in total. The first kappa shape index (κ1) is 17.0. The fourth-order valence-electron chi connectivity index (χ4n) is 2.60. The van der Waals surface area contributed by atoms with Crippen LogP contribution in [0.2, 0.25) is 0 Å². The van der Waals surface area contributed by atoms with Gasteiger partial charge >= 0.3 is 5.97 Å². The number of aromatic amines is 1. The van der Waals surface area contributed by atoms with Crippen molar-refractivity contribution in [3.05, 3.63) is 36.0 Å². The summed E-state index contributed by atoms with van der Waals surface area (Å²) in [5, 5.41) is 12.9. The van der Waals surface area contributed by atoms with E-state index >= 15 is 0 Å². The van der Waals surface area contributed by atoms with Gasteiger partial charge in [-0.05, 0) is 43.9 Å². The molecule has 0 saturated carbocycles. The molecule has 0 fully saturated rings. The smallest absolute Gasteiger partial charge is 0.326 e. The molecule has 0 saturated heterocycles. The summed E-state index contributed by atoms with van der Waals surface area (Å²) in [6.07, 6.45) is 4.60. The van der Waals surface area contributed by atoms with E-state index in [9.17, 15) is 9.59 Å². The Morgan fingerprint density at radius 3 is 2.78 bits per heavy atom. The number of aryl methyl sites for hydroxylation is 1. The van der Waals surface area contributed by atoms with Gasteiger partial charge in [-0.2, -0.15) is 0 Å². The number of unbranched alkanes of at least 4 members (excludes halogenated alkanes) is 1. The third-order valence-corrected chi connectivity index (χ3v) is 3.88. The molecule has 1 aromatic carbocycles. The molecule has 0 bridgehead atoms. The number of carbonyl (C=O) groups is 2. The molecule has 1 amide bonds. The highest BCUT2D eigenvalue weighted by molar-refractivity contribution is 5.85. The van der Waals surface area contributed by atoms with E-state index in [-0.39, 0.29) is 12.3 Å². The molecule has 0 unspecified atom stereocenters. The van der Waals surface area contributed by atoms with Crippen molar-refractivity contribution in [1.82, 2.24) is 10.3 Å². The van der Waals surface area contributed by atoms with Gasteiger partial charge in [0.05, 0.1) is 0 Å². The first-order chi connectivity index (χ1) is 11.1. The van der Waals surface area contributed by atoms with E-state index in [0.29, 0.717) is 25.8 Å². The van der Waals surface area contributed by atoms with Gasteiger partial charge < -0.3 is 21.1 Å². The first-order valence-electron chi connectivity index (χ1n) is 7.89. The van der Waals surface area contributed by atoms with Crippen molar-refractivity contribution < 1.29 is 14.7 Å². The second-order valence-electron chi connectivity index (χ2n) is 5.60. The Bertz CT molecular complexity index is 666. The van der Waals surface area contributed by atoms with Crippen molar-refractivity contribution in [2.75, 3.05) is 6.54 Å². The van der Waals surface area contributed by atoms with Crippen molar-refractivity contribution in [3.63, 3.8) is 0 Å². The molecule has 1 atom stereocenters. The van der Waals surface area contributed by atoms with E-state index in [1.807, 2.05) is 30.5 Å². The molecule has 1 aromatic heterocycles. The topological polar surface area (TPSA) is 108 Å². The molecule has 0 aliphatic heterocycles. The summed E-state index contributed by atoms with van der Waals surface area (Å²) in [6, 6.07) is 7.06. The summed E-state index contributed by atoms with van der Waals surface area (Å²) in [5.41, 5.74) is 7.50. The molecule has 0 aliphatic carbocycles. The van der Waals surface area contributed by atoms with E-state index in [2.05, 4.69) is 10.3 Å². The number of aromatic nitrogens is 1. The van der Waals surface area contributed by atoms with Gasteiger partial charge in [-0.25, -0.2) is 4.79 Å². The number of benzene rings is 1. The Balaban J connectivity index is 1.87. The van der Waals surface area contributed by atoms with Gasteiger partial charge in [0.2, 0.25) is 5.91 Å². The van der Waals surface area contributed by atoms with Crippen LogP contribution in [0.5, 0.6) is 0 Å². The lowest BCUT2D eigenvalue weighted by Crippen LogP contribution is -2.40. The van der Waals surface area contributed by atoms with Crippen molar-refractivity contribution >= 4 is 22.8 Å². The van der Waals surface area contributed by atoms with Crippen LogP contribution in [0.15, 0.2) is 30.5 Å². The Labute approximate surface area is 135 Å². The Morgan fingerprint density at radius 2 is 2.04 bits per heavy atom. The minimum atomic E-state index is -0.998. The maximum Gasteiger partial charge on any atom is 0.326 e. The van der Waals surface area contributed by atoms with Gasteiger partial charge in [0.1, 0.15) is 6.04 Å². The second-order valence-corrected chi connectivity index (χ2v) is 5.60. The standard InChI is InChI=1S/C17H23N3O3/c18-10-4-3-7-15(17(22)23)20-16(21)9-8-12-11-19-14-6-2-1-5-13(12)14/h1-2,5-6,11,15,19H,3-4,7-10,18H2,(H,20,21)(H,22,23)/t15-/m0/s1. The van der Waals surface area contributed by atoms with E-state index in [4.69, 9.17) is 10.8 Å². The summed E-state index contributed by atoms with van der Waals surface area (Å²) in [6.45, 7) is 0.529. The van der Waals surface area contributed by atoms with Crippen LogP contribution in [-0.4, -0.2) is 34.6 Å². The number of nitrogens with two attached hydrogens (primary N) is 1. The zero-order chi connectivity index (χ0) is 16.7. The first-order valence-corrected chi connectivity index (χ1v) is 7.89. The molecule has 124 valence electrons. The van der Waals surface area contributed by atoms with Crippen molar-refractivity contribution in [1.29, 1.82) is 0 Å². The van der Waals surface area contributed by atoms with Crippen LogP contribution in [0.3, 0.4) is 0 Å². The number of hydrogen-bond donors (Lipinski definition) is 4. The zero-order valence-corrected chi connectivity index (χ0v) is 13.0. The Hall–Kier alpha value is -2.34. The largest absolute Gasteiger partial charge is 0.480 e. The second kappa shape index (κ2) is 8.33. The zero-order valence-electron chi connectivity index (χ0n) is 13.0. The minimum absolute atomic E-state index is 0.240. The fourth-order valence-corrected chi connectivity index (χ4v) is 2.60. The molecule has 0 spiro atoms. The van der Waals surface area contributed by atoms with Gasteiger partial charge in [-0.15, -0.1) is 0 Å². The van der Waals surface area contributed by atoms with Gasteiger partial charge in [0.15, 0.2) is 0 Å². The minimum Gasteiger partial charge on any atom is -0.480 e. The molecule has 5 N–H and O–H groups in total. The number of aliphatic carboxylic acids is 1. The number of fused-ring (bicyclic) bond motifs is 1. The monoisotopic (exact) mass is 317 g/mol. The highest BCUT2D eigenvalue weighted by Crippen LogP contribution is 2.18. The average molecular weight is 317 g/mol. The van der Waals surface area contributed by atoms with E-state index in [1.54, 1.807) is 0 Å². The number of carbonyl (C=O) groups excluding carboxylic acids is 1. The predicted octanol–water partition coefficient (Wildman–Crippen LogP) is 1.80. The van der Waals surface area contributed by atoms with Crippen LogP contribution >= 0.6 is 0 Å². The number of carboxylic acid groups (broad SMARTS) is 1. The molecule has 2 rings (SSSR count). The predicted molar refractivity (Wildman–Crippen MR) is 89.1 cm³/mol. The van der Waals surface area contributed by atoms with Crippen LogP contribution < -0.4 is 11.1 Å². The highest BCUT2D eigenvalue weighted by Gasteiger charge is 2.19. The van der Waals surface area contributed by atoms with Crippen molar-refractivity contribution in [3.8, 4) is 0 Å². The quantitative estimate of drug-likeness (QED) is 0.529. The van der Waals surface area contributed by atoms with Gasteiger partial charge in [0.25, 0.3) is 0 Å². The highest BCUT2D eigenvalue weighted by atomic mass is 16.4.